The van der Waals surface area contributed by atoms with Gasteiger partial charge in [-0.25, -0.2) is 9.97 Å². The van der Waals surface area contributed by atoms with Gasteiger partial charge >= 0.3 is 0 Å². The minimum absolute atomic E-state index is 0.0589. The summed E-state index contributed by atoms with van der Waals surface area (Å²) in [5, 5.41) is 8.93. The van der Waals surface area contributed by atoms with E-state index in [-0.39, 0.29) is 12.5 Å². The van der Waals surface area contributed by atoms with Gasteiger partial charge in [0.25, 0.3) is 5.91 Å². The molecule has 0 radical (unpaired) electrons. The second-order valence-electron chi connectivity index (χ2n) is 4.09. The van der Waals surface area contributed by atoms with Crippen LogP contribution in [-0.4, -0.2) is 50.6 Å². The molecule has 2 rings (SSSR count). The molecular weight excluding hydrogens is 246 g/mol. The van der Waals surface area contributed by atoms with Gasteiger partial charge in [0, 0.05) is 19.3 Å². The predicted molar refractivity (Wildman–Crippen MR) is 70.4 cm³/mol. The molecule has 0 bridgehead atoms. The third-order valence-corrected chi connectivity index (χ3v) is 2.87. The molecule has 0 fully saturated rings. The van der Waals surface area contributed by atoms with Crippen molar-refractivity contribution in [1.29, 1.82) is 0 Å². The average molecular weight is 263 g/mol. The number of nitrogens with one attached hydrogen (secondary N) is 1. The highest BCUT2D eigenvalue weighted by Gasteiger charge is 2.15. The predicted octanol–water partition coefficient (Wildman–Crippen LogP) is -0.129. The number of hydrogen-bond donors (Lipinski definition) is 3. The summed E-state index contributed by atoms with van der Waals surface area (Å²) >= 11 is 0. The summed E-state index contributed by atoms with van der Waals surface area (Å²) in [6.07, 6.45) is 1.49. The number of likely N-dealkylation sites (N-methyl/N-ethyl adjacent to an activating group) is 1. The van der Waals surface area contributed by atoms with Crippen LogP contribution in [0.15, 0.2) is 12.3 Å². The monoisotopic (exact) mass is 263 g/mol. The Kier molecular flexibility index (Phi) is 4.08. The van der Waals surface area contributed by atoms with Crippen molar-refractivity contribution in [3.05, 3.63) is 23.7 Å². The van der Waals surface area contributed by atoms with Crippen molar-refractivity contribution < 1.29 is 9.90 Å². The van der Waals surface area contributed by atoms with Gasteiger partial charge in [-0.05, 0) is 13.0 Å². The number of rotatable bonds is 5. The molecule has 0 aliphatic heterocycles. The van der Waals surface area contributed by atoms with E-state index in [1.807, 2.05) is 6.92 Å². The van der Waals surface area contributed by atoms with Crippen molar-refractivity contribution in [1.82, 2.24) is 19.9 Å². The van der Waals surface area contributed by atoms with Crippen LogP contribution in [0.25, 0.3) is 11.2 Å². The lowest BCUT2D eigenvalue weighted by Gasteiger charge is -2.19. The first-order chi connectivity index (χ1) is 9.19. The number of hydrogen-bond acceptors (Lipinski definition) is 5. The average Bonchev–Trinajstić information content (AvgIpc) is 2.86. The summed E-state index contributed by atoms with van der Waals surface area (Å²) in [5.74, 6) is 0.477. The first kappa shape index (κ1) is 13.4. The van der Waals surface area contributed by atoms with E-state index < -0.39 is 0 Å². The van der Waals surface area contributed by atoms with Gasteiger partial charge in [-0.1, -0.05) is 0 Å². The zero-order valence-electron chi connectivity index (χ0n) is 10.8. The molecule has 0 aromatic carbocycles. The van der Waals surface area contributed by atoms with E-state index in [2.05, 4.69) is 15.0 Å². The van der Waals surface area contributed by atoms with Crippen LogP contribution in [-0.2, 0) is 6.54 Å². The van der Waals surface area contributed by atoms with Crippen LogP contribution in [0.2, 0.25) is 0 Å². The van der Waals surface area contributed by atoms with E-state index in [1.54, 1.807) is 11.0 Å². The molecule has 7 nitrogen and oxygen atoms in total. The highest BCUT2D eigenvalue weighted by atomic mass is 16.3. The Labute approximate surface area is 110 Å². The first-order valence-corrected chi connectivity index (χ1v) is 6.14. The Morgan fingerprint density at radius 3 is 3.00 bits per heavy atom. The number of nitrogens with zero attached hydrogens (tertiary/aromatic N) is 3. The fourth-order valence-electron chi connectivity index (χ4n) is 1.87. The number of aromatic nitrogens is 3. The number of nitrogens with two attached hydrogens (primary N) is 1. The van der Waals surface area contributed by atoms with Crippen LogP contribution in [0.5, 0.6) is 0 Å². The van der Waals surface area contributed by atoms with E-state index in [1.165, 1.54) is 6.20 Å². The standard InChI is InChI=1S/C12H17N5O2/c1-2-17(3-4-18)12(19)8-5-9-11(14-7-8)16-10(6-13)15-9/h5,7,18H,2-4,6,13H2,1H3,(H,14,15,16). The quantitative estimate of drug-likeness (QED) is 0.696. The van der Waals surface area contributed by atoms with E-state index >= 15 is 0 Å². The second kappa shape index (κ2) is 5.77. The number of fused-ring (bicyclic) bond motifs is 1. The molecule has 0 atom stereocenters. The Morgan fingerprint density at radius 2 is 2.37 bits per heavy atom. The summed E-state index contributed by atoms with van der Waals surface area (Å²) in [6.45, 7) is 2.95. The minimum Gasteiger partial charge on any atom is -0.395 e. The maximum Gasteiger partial charge on any atom is 0.255 e. The van der Waals surface area contributed by atoms with Crippen molar-refractivity contribution >= 4 is 17.1 Å². The molecular formula is C12H17N5O2. The molecule has 7 heteroatoms. The van der Waals surface area contributed by atoms with E-state index in [9.17, 15) is 4.79 Å². The summed E-state index contributed by atoms with van der Waals surface area (Å²) in [6, 6.07) is 1.71. The van der Waals surface area contributed by atoms with Crippen LogP contribution in [0, 0.1) is 0 Å². The molecule has 0 saturated carbocycles. The van der Waals surface area contributed by atoms with Gasteiger partial charge in [0.2, 0.25) is 0 Å². The smallest absolute Gasteiger partial charge is 0.255 e. The van der Waals surface area contributed by atoms with E-state index in [4.69, 9.17) is 10.8 Å². The van der Waals surface area contributed by atoms with Gasteiger partial charge in [-0.15, -0.1) is 0 Å². The van der Waals surface area contributed by atoms with Gasteiger partial charge < -0.3 is 20.7 Å². The van der Waals surface area contributed by atoms with Crippen molar-refractivity contribution in [3.63, 3.8) is 0 Å². The molecule has 2 aromatic rings. The van der Waals surface area contributed by atoms with E-state index in [0.29, 0.717) is 42.2 Å². The number of carbonyl (C=O) groups excluding carboxylic acids is 1. The Morgan fingerprint density at radius 1 is 1.58 bits per heavy atom. The van der Waals surface area contributed by atoms with Crippen molar-refractivity contribution in [3.8, 4) is 0 Å². The second-order valence-corrected chi connectivity index (χ2v) is 4.09. The number of aromatic amines is 1. The topological polar surface area (TPSA) is 108 Å². The van der Waals surface area contributed by atoms with Gasteiger partial charge in [0.1, 0.15) is 5.82 Å². The van der Waals surface area contributed by atoms with Crippen molar-refractivity contribution in [2.75, 3.05) is 19.7 Å². The Balaban J connectivity index is 2.31. The SMILES string of the molecule is CCN(CCO)C(=O)c1cnc2nc(CN)[nH]c2c1. The Bertz CT molecular complexity index is 581. The van der Waals surface area contributed by atoms with Crippen LogP contribution in [0.1, 0.15) is 23.1 Å². The third-order valence-electron chi connectivity index (χ3n) is 2.87. The molecule has 4 N–H and O–H groups in total. The van der Waals surface area contributed by atoms with E-state index in [0.717, 1.165) is 0 Å². The van der Waals surface area contributed by atoms with Crippen molar-refractivity contribution in [2.24, 2.45) is 5.73 Å². The lowest BCUT2D eigenvalue weighted by Crippen LogP contribution is -2.33. The van der Waals surface area contributed by atoms with Gasteiger partial charge in [-0.3, -0.25) is 4.79 Å². The fraction of sp³-hybridized carbons (Fsp3) is 0.417. The molecule has 1 amide bonds. The lowest BCUT2D eigenvalue weighted by atomic mass is 10.2. The van der Waals surface area contributed by atoms with Gasteiger partial charge in [0.05, 0.1) is 24.2 Å². The van der Waals surface area contributed by atoms with Crippen LogP contribution in [0.4, 0.5) is 0 Å². The molecule has 102 valence electrons. The zero-order chi connectivity index (χ0) is 13.8. The molecule has 0 spiro atoms. The Hall–Kier alpha value is -1.99. The van der Waals surface area contributed by atoms with Crippen LogP contribution >= 0.6 is 0 Å². The minimum atomic E-state index is -0.158. The van der Waals surface area contributed by atoms with Crippen LogP contribution < -0.4 is 5.73 Å². The molecule has 0 unspecified atom stereocenters. The maximum atomic E-state index is 12.2. The number of aliphatic hydroxyl groups is 1. The molecule has 0 saturated heterocycles. The summed E-state index contributed by atoms with van der Waals surface area (Å²) in [5.41, 5.74) is 7.19. The summed E-state index contributed by atoms with van der Waals surface area (Å²) in [7, 11) is 0. The highest BCUT2D eigenvalue weighted by Crippen LogP contribution is 2.12. The summed E-state index contributed by atoms with van der Waals surface area (Å²) < 4.78 is 0. The van der Waals surface area contributed by atoms with Gasteiger partial charge in [0.15, 0.2) is 5.65 Å². The molecule has 19 heavy (non-hydrogen) atoms. The number of aliphatic hydroxyl groups excluding tert-OH is 1. The fourth-order valence-corrected chi connectivity index (χ4v) is 1.87. The normalized spacial score (nSPS) is 10.9. The molecule has 0 aliphatic carbocycles. The number of pyridine rings is 1. The van der Waals surface area contributed by atoms with Gasteiger partial charge in [-0.2, -0.15) is 0 Å². The molecule has 2 aromatic heterocycles. The largest absolute Gasteiger partial charge is 0.395 e. The number of imidazole rings is 1. The number of amides is 1. The maximum absolute atomic E-state index is 12.2. The highest BCUT2D eigenvalue weighted by molar-refractivity contribution is 5.96. The molecule has 2 heterocycles. The van der Waals surface area contributed by atoms with Crippen molar-refractivity contribution in [2.45, 2.75) is 13.5 Å². The number of H-pyrrole nitrogens is 1. The lowest BCUT2D eigenvalue weighted by molar-refractivity contribution is 0.0732. The van der Waals surface area contributed by atoms with Crippen LogP contribution in [0.3, 0.4) is 0 Å². The third kappa shape index (κ3) is 2.72. The number of carbonyl (C=O) groups is 1. The molecule has 0 aliphatic rings. The first-order valence-electron chi connectivity index (χ1n) is 6.14. The summed E-state index contributed by atoms with van der Waals surface area (Å²) in [4.78, 5) is 25.1. The zero-order valence-corrected chi connectivity index (χ0v) is 10.8.